The summed E-state index contributed by atoms with van der Waals surface area (Å²) in [5, 5.41) is 13.3. The lowest BCUT2D eigenvalue weighted by Gasteiger charge is -2.37. The van der Waals surface area contributed by atoms with Crippen molar-refractivity contribution < 1.29 is 22.8 Å². The molecular weight excluding hydrogens is 652 g/mol. The van der Waals surface area contributed by atoms with Crippen LogP contribution in [0.1, 0.15) is 60.1 Å². The van der Waals surface area contributed by atoms with Gasteiger partial charge in [-0.15, -0.1) is 0 Å². The largest absolute Gasteiger partial charge is 0.356 e. The summed E-state index contributed by atoms with van der Waals surface area (Å²) in [6, 6.07) is 17.4. The van der Waals surface area contributed by atoms with E-state index < -0.39 is 27.9 Å². The molecule has 0 spiro atoms. The Morgan fingerprint density at radius 2 is 1.69 bits per heavy atom. The van der Waals surface area contributed by atoms with Crippen LogP contribution in [-0.2, 0) is 38.5 Å². The van der Waals surface area contributed by atoms with Gasteiger partial charge in [-0.1, -0.05) is 56.6 Å². The molecule has 1 aromatic heterocycles. The number of anilines is 3. The molecule has 0 saturated heterocycles. The van der Waals surface area contributed by atoms with Gasteiger partial charge in [0.05, 0.1) is 28.4 Å². The van der Waals surface area contributed by atoms with Crippen molar-refractivity contribution in [3.8, 4) is 0 Å². The number of nitrogens with zero attached hydrogens (tertiary/aromatic N) is 3. The quantitative estimate of drug-likeness (QED) is 0.212. The highest BCUT2D eigenvalue weighted by Gasteiger charge is 2.42. The van der Waals surface area contributed by atoms with E-state index >= 15 is 0 Å². The standard InChI is InChI=1S/C35H39ClN6O5S/c1-21-18-30(22(2)17-25(21)36)48(46,47)42-27-10-8-7-9-26(27)39-34(45)29(42)20-32(43)37-16-15-23-11-13-24(14-12-23)38-33(44)28-19-31(35(3,4)5)40-41(28)6/h7-14,17-19,29H,15-16,20H2,1-6H3,(H,37,43)(H,38,44)(H,39,45)/t29-/m1/s1. The molecule has 0 saturated carbocycles. The lowest BCUT2D eigenvalue weighted by Crippen LogP contribution is -2.53. The summed E-state index contributed by atoms with van der Waals surface area (Å²) >= 11 is 6.24. The number of hydrogen-bond donors (Lipinski definition) is 3. The second kappa shape index (κ2) is 13.4. The zero-order chi connectivity index (χ0) is 35.0. The third-order valence-corrected chi connectivity index (χ3v) is 10.6. The van der Waals surface area contributed by atoms with E-state index in [9.17, 15) is 22.8 Å². The van der Waals surface area contributed by atoms with E-state index in [0.717, 1.165) is 15.6 Å². The Balaban J connectivity index is 1.24. The van der Waals surface area contributed by atoms with Crippen molar-refractivity contribution in [2.75, 3.05) is 21.5 Å². The molecule has 0 aliphatic carbocycles. The lowest BCUT2D eigenvalue weighted by molar-refractivity contribution is -0.125. The maximum atomic E-state index is 14.1. The Bertz CT molecular complexity index is 2000. The van der Waals surface area contributed by atoms with E-state index in [-0.39, 0.29) is 34.9 Å². The van der Waals surface area contributed by atoms with Crippen LogP contribution in [0.2, 0.25) is 5.02 Å². The number of nitrogens with one attached hydrogen (secondary N) is 3. The first-order valence-electron chi connectivity index (χ1n) is 15.5. The van der Waals surface area contributed by atoms with E-state index in [1.807, 2.05) is 32.9 Å². The summed E-state index contributed by atoms with van der Waals surface area (Å²) in [5.41, 5.74) is 4.21. The van der Waals surface area contributed by atoms with Gasteiger partial charge in [-0.2, -0.15) is 5.10 Å². The van der Waals surface area contributed by atoms with E-state index in [1.54, 1.807) is 74.1 Å². The molecule has 0 radical (unpaired) electrons. The first kappa shape index (κ1) is 34.6. The van der Waals surface area contributed by atoms with Crippen LogP contribution >= 0.6 is 11.6 Å². The van der Waals surface area contributed by atoms with Crippen molar-refractivity contribution in [2.24, 2.45) is 7.05 Å². The second-order valence-corrected chi connectivity index (χ2v) is 15.1. The van der Waals surface area contributed by atoms with Crippen LogP contribution in [0.5, 0.6) is 0 Å². The maximum Gasteiger partial charge on any atom is 0.273 e. The van der Waals surface area contributed by atoms with Crippen molar-refractivity contribution in [3.63, 3.8) is 0 Å². The zero-order valence-corrected chi connectivity index (χ0v) is 29.3. The van der Waals surface area contributed by atoms with Gasteiger partial charge in [0, 0.05) is 29.7 Å². The molecule has 0 bridgehead atoms. The number of benzene rings is 3. The van der Waals surface area contributed by atoms with Crippen LogP contribution in [0.15, 0.2) is 71.6 Å². The van der Waals surface area contributed by atoms with Gasteiger partial charge in [-0.25, -0.2) is 8.42 Å². The first-order chi connectivity index (χ1) is 22.6. The molecular formula is C35H39ClN6O5S. The fraction of sp³-hybridized carbons (Fsp3) is 0.314. The van der Waals surface area contributed by atoms with Gasteiger partial charge in [0.15, 0.2) is 0 Å². The number of sulfonamides is 1. The molecule has 11 nitrogen and oxygen atoms in total. The fourth-order valence-corrected chi connectivity index (χ4v) is 7.61. The molecule has 4 aromatic rings. The van der Waals surface area contributed by atoms with Crippen LogP contribution in [0.3, 0.4) is 0 Å². The van der Waals surface area contributed by atoms with E-state index in [0.29, 0.717) is 39.6 Å². The number of hydrogen-bond acceptors (Lipinski definition) is 6. The molecule has 13 heteroatoms. The highest BCUT2D eigenvalue weighted by atomic mass is 35.5. The maximum absolute atomic E-state index is 14.1. The normalized spacial score (nSPS) is 14.7. The van der Waals surface area contributed by atoms with Crippen molar-refractivity contribution in [1.82, 2.24) is 15.1 Å². The van der Waals surface area contributed by atoms with Crippen LogP contribution in [-0.4, -0.2) is 48.5 Å². The fourth-order valence-electron chi connectivity index (χ4n) is 5.46. The van der Waals surface area contributed by atoms with Gasteiger partial charge in [0.25, 0.3) is 15.9 Å². The molecule has 1 atom stereocenters. The SMILES string of the molecule is Cc1cc(S(=O)(=O)N2c3ccccc3NC(=O)[C@H]2CC(=O)NCCc2ccc(NC(=O)c3cc(C(C)(C)C)nn3C)cc2)c(C)cc1Cl. The minimum Gasteiger partial charge on any atom is -0.356 e. The number of aromatic nitrogens is 2. The van der Waals surface area contributed by atoms with Gasteiger partial charge in [0.2, 0.25) is 11.8 Å². The molecule has 2 heterocycles. The zero-order valence-electron chi connectivity index (χ0n) is 27.7. The number of para-hydroxylation sites is 2. The summed E-state index contributed by atoms with van der Waals surface area (Å²) in [5.74, 6) is -1.35. The number of rotatable bonds is 9. The van der Waals surface area contributed by atoms with Crippen molar-refractivity contribution >= 4 is 56.4 Å². The Morgan fingerprint density at radius 3 is 2.35 bits per heavy atom. The minimum absolute atomic E-state index is 0.00827. The third-order valence-electron chi connectivity index (χ3n) is 8.19. The Labute approximate surface area is 285 Å². The Hall–Kier alpha value is -4.68. The molecule has 3 aromatic carbocycles. The molecule has 3 N–H and O–H groups in total. The topological polar surface area (TPSA) is 142 Å². The van der Waals surface area contributed by atoms with Gasteiger partial charge >= 0.3 is 0 Å². The van der Waals surface area contributed by atoms with Crippen molar-refractivity contribution in [3.05, 3.63) is 99.8 Å². The van der Waals surface area contributed by atoms with Crippen LogP contribution in [0.25, 0.3) is 0 Å². The van der Waals surface area contributed by atoms with E-state index in [2.05, 4.69) is 21.0 Å². The monoisotopic (exact) mass is 690 g/mol. The average molecular weight is 691 g/mol. The van der Waals surface area contributed by atoms with Crippen LogP contribution in [0, 0.1) is 13.8 Å². The Morgan fingerprint density at radius 1 is 1.00 bits per heavy atom. The summed E-state index contributed by atoms with van der Waals surface area (Å²) in [6.45, 7) is 9.70. The van der Waals surface area contributed by atoms with Crippen molar-refractivity contribution in [1.29, 1.82) is 0 Å². The van der Waals surface area contributed by atoms with Gasteiger partial charge in [0.1, 0.15) is 11.7 Å². The highest BCUT2D eigenvalue weighted by Crippen LogP contribution is 2.38. The molecule has 1 aliphatic heterocycles. The number of amides is 3. The third kappa shape index (κ3) is 7.24. The number of carbonyl (C=O) groups is 3. The van der Waals surface area contributed by atoms with Crippen molar-refractivity contribution in [2.45, 2.75) is 63.8 Å². The second-order valence-electron chi connectivity index (χ2n) is 12.9. The first-order valence-corrected chi connectivity index (χ1v) is 17.3. The number of fused-ring (bicyclic) bond motifs is 1. The summed E-state index contributed by atoms with van der Waals surface area (Å²) < 4.78 is 30.9. The molecule has 5 rings (SSSR count). The average Bonchev–Trinajstić information content (AvgIpc) is 3.42. The number of aryl methyl sites for hydroxylation is 3. The van der Waals surface area contributed by atoms with E-state index in [4.69, 9.17) is 11.6 Å². The van der Waals surface area contributed by atoms with Gasteiger partial charge in [-0.05, 0) is 79.4 Å². The summed E-state index contributed by atoms with van der Waals surface area (Å²) in [4.78, 5) is 39.3. The van der Waals surface area contributed by atoms with Gasteiger partial charge < -0.3 is 16.0 Å². The highest BCUT2D eigenvalue weighted by molar-refractivity contribution is 7.93. The predicted molar refractivity (Wildman–Crippen MR) is 187 cm³/mol. The van der Waals surface area contributed by atoms with Crippen LogP contribution < -0.4 is 20.3 Å². The number of carbonyl (C=O) groups excluding carboxylic acids is 3. The molecule has 1 aliphatic rings. The number of halogens is 1. The Kier molecular flexibility index (Phi) is 9.70. The molecule has 0 fully saturated rings. The van der Waals surface area contributed by atoms with E-state index in [1.165, 1.54) is 6.07 Å². The smallest absolute Gasteiger partial charge is 0.273 e. The molecule has 0 unspecified atom stereocenters. The molecule has 252 valence electrons. The minimum atomic E-state index is -4.28. The summed E-state index contributed by atoms with van der Waals surface area (Å²) in [6.07, 6.45) is 0.0858. The van der Waals surface area contributed by atoms with Crippen LogP contribution in [0.4, 0.5) is 17.1 Å². The molecule has 48 heavy (non-hydrogen) atoms. The summed E-state index contributed by atoms with van der Waals surface area (Å²) in [7, 11) is -2.54. The molecule has 3 amide bonds. The lowest BCUT2D eigenvalue weighted by atomic mass is 9.92. The predicted octanol–water partition coefficient (Wildman–Crippen LogP) is 5.51. The van der Waals surface area contributed by atoms with Gasteiger partial charge in [-0.3, -0.25) is 23.4 Å².